The fourth-order valence-corrected chi connectivity index (χ4v) is 5.03. The Labute approximate surface area is 160 Å². The Balaban J connectivity index is 1.56. The van der Waals surface area contributed by atoms with Gasteiger partial charge in [-0.2, -0.15) is 0 Å². The molecule has 0 aromatic heterocycles. The SMILES string of the molecule is Cc1ccccc1[C@@H](C)NS(=O)(=O)c1ccc2c(c1)CCN2C(=O)C1CC1. The molecule has 27 heavy (non-hydrogen) atoms. The maximum atomic E-state index is 12.9. The molecule has 1 fully saturated rings. The Morgan fingerprint density at radius 3 is 2.63 bits per heavy atom. The summed E-state index contributed by atoms with van der Waals surface area (Å²) in [7, 11) is -3.64. The number of hydrogen-bond donors (Lipinski definition) is 1. The van der Waals surface area contributed by atoms with E-state index in [1.54, 1.807) is 18.2 Å². The molecule has 142 valence electrons. The van der Waals surface area contributed by atoms with Crippen LogP contribution in [0.3, 0.4) is 0 Å². The van der Waals surface area contributed by atoms with Gasteiger partial charge in [-0.1, -0.05) is 24.3 Å². The number of benzene rings is 2. The van der Waals surface area contributed by atoms with Gasteiger partial charge in [0.1, 0.15) is 0 Å². The van der Waals surface area contributed by atoms with Gasteiger partial charge >= 0.3 is 0 Å². The topological polar surface area (TPSA) is 66.5 Å². The number of nitrogens with one attached hydrogen (secondary N) is 1. The van der Waals surface area contributed by atoms with Crippen molar-refractivity contribution >= 4 is 21.6 Å². The van der Waals surface area contributed by atoms with Crippen molar-refractivity contribution in [1.29, 1.82) is 0 Å². The van der Waals surface area contributed by atoms with Gasteiger partial charge in [0, 0.05) is 24.2 Å². The summed E-state index contributed by atoms with van der Waals surface area (Å²) in [5.74, 6) is 0.339. The summed E-state index contributed by atoms with van der Waals surface area (Å²) >= 11 is 0. The molecule has 0 unspecified atom stereocenters. The molecule has 0 radical (unpaired) electrons. The summed E-state index contributed by atoms with van der Waals surface area (Å²) in [5, 5.41) is 0. The van der Waals surface area contributed by atoms with Gasteiger partial charge < -0.3 is 4.90 Å². The number of rotatable bonds is 5. The largest absolute Gasteiger partial charge is 0.312 e. The fraction of sp³-hybridized carbons (Fsp3) is 0.381. The van der Waals surface area contributed by atoms with E-state index in [2.05, 4.69) is 4.72 Å². The lowest BCUT2D eigenvalue weighted by atomic mass is 10.0. The van der Waals surface area contributed by atoms with E-state index in [1.165, 1.54) is 0 Å². The Hall–Kier alpha value is -2.18. The molecule has 1 heterocycles. The van der Waals surface area contributed by atoms with Gasteiger partial charge in [0.15, 0.2) is 0 Å². The molecule has 0 bridgehead atoms. The van der Waals surface area contributed by atoms with Crippen molar-refractivity contribution in [3.63, 3.8) is 0 Å². The quantitative estimate of drug-likeness (QED) is 0.860. The maximum absolute atomic E-state index is 12.9. The molecule has 1 aliphatic carbocycles. The highest BCUT2D eigenvalue weighted by Crippen LogP contribution is 2.37. The predicted octanol–water partition coefficient (Wildman–Crippen LogP) is 3.33. The number of hydrogen-bond acceptors (Lipinski definition) is 3. The Morgan fingerprint density at radius 2 is 1.93 bits per heavy atom. The van der Waals surface area contributed by atoms with Crippen molar-refractivity contribution in [2.45, 2.75) is 44.0 Å². The summed E-state index contributed by atoms with van der Waals surface area (Å²) in [5.41, 5.74) is 3.80. The molecule has 1 atom stereocenters. The summed E-state index contributed by atoms with van der Waals surface area (Å²) in [6.07, 6.45) is 2.64. The van der Waals surface area contributed by atoms with Crippen molar-refractivity contribution in [3.05, 3.63) is 59.2 Å². The van der Waals surface area contributed by atoms with Crippen LogP contribution >= 0.6 is 0 Å². The minimum atomic E-state index is -3.64. The van der Waals surface area contributed by atoms with E-state index in [9.17, 15) is 13.2 Å². The number of aryl methyl sites for hydroxylation is 1. The third-order valence-electron chi connectivity index (χ3n) is 5.44. The highest BCUT2D eigenvalue weighted by Gasteiger charge is 2.36. The van der Waals surface area contributed by atoms with E-state index in [-0.39, 0.29) is 22.8 Å². The second-order valence-electron chi connectivity index (χ2n) is 7.50. The van der Waals surface area contributed by atoms with Gasteiger partial charge in [-0.05, 0) is 68.0 Å². The molecule has 1 N–H and O–H groups in total. The highest BCUT2D eigenvalue weighted by molar-refractivity contribution is 7.89. The first-order chi connectivity index (χ1) is 12.9. The van der Waals surface area contributed by atoms with Crippen molar-refractivity contribution in [1.82, 2.24) is 4.72 Å². The monoisotopic (exact) mass is 384 g/mol. The molecule has 0 spiro atoms. The Bertz CT molecular complexity index is 996. The van der Waals surface area contributed by atoms with Crippen molar-refractivity contribution in [3.8, 4) is 0 Å². The van der Waals surface area contributed by atoms with Crippen LogP contribution in [-0.2, 0) is 21.2 Å². The summed E-state index contributed by atoms with van der Waals surface area (Å²) in [6.45, 7) is 4.46. The van der Waals surface area contributed by atoms with Gasteiger partial charge in [0.25, 0.3) is 0 Å². The number of fused-ring (bicyclic) bond motifs is 1. The summed E-state index contributed by atoms with van der Waals surface area (Å²) in [4.78, 5) is 14.4. The molecule has 1 amide bonds. The molecule has 6 heteroatoms. The third-order valence-corrected chi connectivity index (χ3v) is 6.97. The normalized spacial score (nSPS) is 17.6. The lowest BCUT2D eigenvalue weighted by molar-refractivity contribution is -0.119. The van der Waals surface area contributed by atoms with Gasteiger partial charge in [0.2, 0.25) is 15.9 Å². The van der Waals surface area contributed by atoms with E-state index in [4.69, 9.17) is 0 Å². The van der Waals surface area contributed by atoms with E-state index in [0.29, 0.717) is 13.0 Å². The number of sulfonamides is 1. The number of amides is 1. The fourth-order valence-electron chi connectivity index (χ4n) is 3.76. The van der Waals surface area contributed by atoms with Gasteiger partial charge in [-0.15, -0.1) is 0 Å². The van der Waals surface area contributed by atoms with Crippen LogP contribution in [0.4, 0.5) is 5.69 Å². The zero-order chi connectivity index (χ0) is 19.2. The zero-order valence-electron chi connectivity index (χ0n) is 15.6. The van der Waals surface area contributed by atoms with Crippen LogP contribution in [0.25, 0.3) is 0 Å². The summed E-state index contributed by atoms with van der Waals surface area (Å²) in [6, 6.07) is 12.5. The molecule has 2 aliphatic rings. The molecule has 2 aromatic carbocycles. The van der Waals surface area contributed by atoms with Crippen LogP contribution in [-0.4, -0.2) is 20.9 Å². The van der Waals surface area contributed by atoms with Crippen LogP contribution < -0.4 is 9.62 Å². The first kappa shape index (κ1) is 18.2. The molecule has 4 rings (SSSR count). The van der Waals surface area contributed by atoms with E-state index in [1.807, 2.05) is 43.0 Å². The van der Waals surface area contributed by atoms with Crippen LogP contribution in [0.5, 0.6) is 0 Å². The number of nitrogens with zero attached hydrogens (tertiary/aromatic N) is 1. The molecule has 5 nitrogen and oxygen atoms in total. The molecule has 2 aromatic rings. The van der Waals surface area contributed by atoms with Gasteiger partial charge in [-0.3, -0.25) is 4.79 Å². The number of carbonyl (C=O) groups excluding carboxylic acids is 1. The predicted molar refractivity (Wildman–Crippen MR) is 105 cm³/mol. The third kappa shape index (κ3) is 3.51. The first-order valence-corrected chi connectivity index (χ1v) is 10.9. The minimum absolute atomic E-state index is 0.163. The van der Waals surface area contributed by atoms with Gasteiger partial charge in [-0.25, -0.2) is 13.1 Å². The molecule has 1 aliphatic heterocycles. The van der Waals surface area contributed by atoms with Crippen LogP contribution in [0, 0.1) is 12.8 Å². The second-order valence-corrected chi connectivity index (χ2v) is 9.22. The summed E-state index contributed by atoms with van der Waals surface area (Å²) < 4.78 is 28.5. The average Bonchev–Trinajstić information content (AvgIpc) is 3.40. The lowest BCUT2D eigenvalue weighted by Crippen LogP contribution is -2.30. The smallest absolute Gasteiger partial charge is 0.241 e. The second kappa shape index (κ2) is 6.77. The lowest BCUT2D eigenvalue weighted by Gasteiger charge is -2.19. The Morgan fingerprint density at radius 1 is 1.19 bits per heavy atom. The average molecular weight is 385 g/mol. The van der Waals surface area contributed by atoms with Crippen molar-refractivity contribution in [2.24, 2.45) is 5.92 Å². The Kier molecular flexibility index (Phi) is 4.56. The van der Waals surface area contributed by atoms with Gasteiger partial charge in [0.05, 0.1) is 4.90 Å². The molecule has 0 saturated heterocycles. The standard InChI is InChI=1S/C21H24N2O3S/c1-14-5-3-4-6-19(14)15(2)22-27(25,26)18-9-10-20-17(13-18)11-12-23(20)21(24)16-7-8-16/h3-6,9-10,13,15-16,22H,7-8,11-12H2,1-2H3/t15-/m1/s1. The van der Waals surface area contributed by atoms with E-state index < -0.39 is 10.0 Å². The van der Waals surface area contributed by atoms with Crippen molar-refractivity contribution in [2.75, 3.05) is 11.4 Å². The van der Waals surface area contributed by atoms with Crippen LogP contribution in [0.15, 0.2) is 47.4 Å². The van der Waals surface area contributed by atoms with Crippen LogP contribution in [0.1, 0.15) is 42.5 Å². The highest BCUT2D eigenvalue weighted by atomic mass is 32.2. The molecular formula is C21H24N2O3S. The molecule has 1 saturated carbocycles. The minimum Gasteiger partial charge on any atom is -0.312 e. The van der Waals surface area contributed by atoms with Crippen molar-refractivity contribution < 1.29 is 13.2 Å². The number of carbonyl (C=O) groups is 1. The van der Waals surface area contributed by atoms with Crippen LogP contribution in [0.2, 0.25) is 0 Å². The van der Waals surface area contributed by atoms with E-state index in [0.717, 1.165) is 35.2 Å². The van der Waals surface area contributed by atoms with E-state index >= 15 is 0 Å². The first-order valence-electron chi connectivity index (χ1n) is 9.39. The number of anilines is 1. The zero-order valence-corrected chi connectivity index (χ0v) is 16.4. The molecular weight excluding hydrogens is 360 g/mol. The maximum Gasteiger partial charge on any atom is 0.241 e.